The Morgan fingerprint density at radius 2 is 2.08 bits per heavy atom. The van der Waals surface area contributed by atoms with E-state index >= 15 is 0 Å². The summed E-state index contributed by atoms with van der Waals surface area (Å²) in [5, 5.41) is 8.84. The van der Waals surface area contributed by atoms with Crippen LogP contribution in [-0.4, -0.2) is 18.2 Å². The molecule has 0 saturated carbocycles. The predicted octanol–water partition coefficient (Wildman–Crippen LogP) is 2.92. The third kappa shape index (κ3) is 2.22. The quantitative estimate of drug-likeness (QED) is 0.913. The van der Waals surface area contributed by atoms with Crippen LogP contribution in [0.5, 0.6) is 5.75 Å². The molecule has 0 saturated heterocycles. The maximum atomic E-state index is 10.8. The molecule has 0 bridgehead atoms. The predicted molar refractivity (Wildman–Crippen MR) is 55.4 cm³/mol. The Morgan fingerprint density at radius 1 is 1.46 bits per heavy atom. The average molecular weight is 310 g/mol. The number of hydrogen-bond donors (Lipinski definition) is 1. The first-order valence-corrected chi connectivity index (χ1v) is 4.91. The molecular weight excluding hydrogens is 304 g/mol. The van der Waals surface area contributed by atoms with Crippen molar-refractivity contribution in [2.75, 3.05) is 7.11 Å². The Morgan fingerprint density at radius 3 is 2.54 bits per heavy atom. The van der Waals surface area contributed by atoms with Gasteiger partial charge < -0.3 is 9.84 Å². The van der Waals surface area contributed by atoms with Crippen molar-refractivity contribution in [1.29, 1.82) is 0 Å². The van der Waals surface area contributed by atoms with E-state index in [1.807, 2.05) is 0 Å². The zero-order chi connectivity index (χ0) is 10.0. The first-order chi connectivity index (χ1) is 6.06. The Bertz CT molecular complexity index is 349. The first-order valence-electron chi connectivity index (χ1n) is 3.32. The minimum absolute atomic E-state index is 0.130. The molecule has 3 nitrogen and oxygen atoms in total. The van der Waals surface area contributed by atoms with Gasteiger partial charge in [-0.1, -0.05) is 15.9 Å². The number of carboxylic acid groups (broad SMARTS) is 1. The van der Waals surface area contributed by atoms with E-state index < -0.39 is 5.97 Å². The minimum atomic E-state index is -1.02. The van der Waals surface area contributed by atoms with Crippen molar-refractivity contribution in [3.05, 3.63) is 26.6 Å². The van der Waals surface area contributed by atoms with Gasteiger partial charge in [-0.05, 0) is 28.1 Å². The van der Waals surface area contributed by atoms with E-state index in [0.717, 1.165) is 4.47 Å². The molecule has 70 valence electrons. The lowest BCUT2D eigenvalue weighted by atomic mass is 10.2. The molecule has 1 rings (SSSR count). The third-order valence-electron chi connectivity index (χ3n) is 1.45. The fourth-order valence-electron chi connectivity index (χ4n) is 0.919. The van der Waals surface area contributed by atoms with Gasteiger partial charge in [0.2, 0.25) is 0 Å². The molecule has 5 heteroatoms. The number of aromatic carboxylic acids is 1. The van der Waals surface area contributed by atoms with Crippen LogP contribution in [0.3, 0.4) is 0 Å². The summed E-state index contributed by atoms with van der Waals surface area (Å²) in [6, 6.07) is 3.26. The van der Waals surface area contributed by atoms with Crippen LogP contribution in [-0.2, 0) is 0 Å². The van der Waals surface area contributed by atoms with Crippen LogP contribution in [0.4, 0.5) is 0 Å². The molecule has 0 heterocycles. The van der Waals surface area contributed by atoms with Crippen LogP contribution in [0.15, 0.2) is 21.1 Å². The van der Waals surface area contributed by atoms with Gasteiger partial charge in [0, 0.05) is 8.95 Å². The molecule has 0 atom stereocenters. The summed E-state index contributed by atoms with van der Waals surface area (Å²) in [6.07, 6.45) is 0. The average Bonchev–Trinajstić information content (AvgIpc) is 2.01. The molecule has 0 aromatic heterocycles. The van der Waals surface area contributed by atoms with Crippen molar-refractivity contribution >= 4 is 37.8 Å². The van der Waals surface area contributed by atoms with Gasteiger partial charge in [-0.3, -0.25) is 0 Å². The number of methoxy groups -OCH3 is 1. The van der Waals surface area contributed by atoms with Gasteiger partial charge in [-0.25, -0.2) is 4.79 Å². The standard InChI is InChI=1S/C8H6Br2O3/c1-13-6-3-4(9)2-5(10)7(6)8(11)12/h2-3H,1H3,(H,11,12). The summed E-state index contributed by atoms with van der Waals surface area (Å²) in [4.78, 5) is 10.8. The summed E-state index contributed by atoms with van der Waals surface area (Å²) in [5.41, 5.74) is 0.130. The zero-order valence-electron chi connectivity index (χ0n) is 6.67. The largest absolute Gasteiger partial charge is 0.496 e. The molecule has 13 heavy (non-hydrogen) atoms. The van der Waals surface area contributed by atoms with Crippen molar-refractivity contribution in [1.82, 2.24) is 0 Å². The van der Waals surface area contributed by atoms with Crippen LogP contribution >= 0.6 is 31.9 Å². The SMILES string of the molecule is COc1cc(Br)cc(Br)c1C(=O)O. The van der Waals surface area contributed by atoms with Crippen LogP contribution in [0.25, 0.3) is 0 Å². The summed E-state index contributed by atoms with van der Waals surface area (Å²) >= 11 is 6.38. The molecule has 0 amide bonds. The third-order valence-corrected chi connectivity index (χ3v) is 2.54. The second-order valence-corrected chi connectivity index (χ2v) is 4.04. The number of carbonyl (C=O) groups is 1. The Labute approximate surface area is 92.0 Å². The highest BCUT2D eigenvalue weighted by Crippen LogP contribution is 2.31. The second kappa shape index (κ2) is 4.11. The molecule has 1 aromatic carbocycles. The van der Waals surface area contributed by atoms with Gasteiger partial charge >= 0.3 is 5.97 Å². The maximum absolute atomic E-state index is 10.8. The maximum Gasteiger partial charge on any atom is 0.340 e. The zero-order valence-corrected chi connectivity index (χ0v) is 9.85. The summed E-state index contributed by atoms with van der Waals surface area (Å²) in [5.74, 6) is -0.690. The van der Waals surface area contributed by atoms with E-state index in [1.54, 1.807) is 12.1 Å². The van der Waals surface area contributed by atoms with E-state index in [4.69, 9.17) is 9.84 Å². The van der Waals surface area contributed by atoms with E-state index in [1.165, 1.54) is 7.11 Å². The Balaban J connectivity index is 3.38. The second-order valence-electron chi connectivity index (χ2n) is 2.27. The summed E-state index contributed by atoms with van der Waals surface area (Å²) in [6.45, 7) is 0. The van der Waals surface area contributed by atoms with E-state index in [2.05, 4.69) is 31.9 Å². The lowest BCUT2D eigenvalue weighted by molar-refractivity contribution is 0.0692. The lowest BCUT2D eigenvalue weighted by Crippen LogP contribution is -2.01. The van der Waals surface area contributed by atoms with Crippen LogP contribution in [0.1, 0.15) is 10.4 Å². The molecule has 0 aliphatic carbocycles. The van der Waals surface area contributed by atoms with Gasteiger partial charge in [0.05, 0.1) is 7.11 Å². The monoisotopic (exact) mass is 308 g/mol. The highest BCUT2D eigenvalue weighted by atomic mass is 79.9. The number of benzene rings is 1. The Hall–Kier alpha value is -0.550. The molecule has 0 unspecified atom stereocenters. The molecule has 1 aromatic rings. The molecule has 0 aliphatic heterocycles. The van der Waals surface area contributed by atoms with Crippen molar-refractivity contribution in [2.24, 2.45) is 0 Å². The molecule has 1 N–H and O–H groups in total. The van der Waals surface area contributed by atoms with Gasteiger partial charge in [0.25, 0.3) is 0 Å². The van der Waals surface area contributed by atoms with Crippen molar-refractivity contribution in [3.63, 3.8) is 0 Å². The van der Waals surface area contributed by atoms with Crippen LogP contribution in [0.2, 0.25) is 0 Å². The minimum Gasteiger partial charge on any atom is -0.496 e. The highest BCUT2D eigenvalue weighted by molar-refractivity contribution is 9.11. The van der Waals surface area contributed by atoms with Crippen molar-refractivity contribution < 1.29 is 14.6 Å². The highest BCUT2D eigenvalue weighted by Gasteiger charge is 2.15. The van der Waals surface area contributed by atoms with E-state index in [0.29, 0.717) is 10.2 Å². The number of halogens is 2. The molecule has 0 fully saturated rings. The van der Waals surface area contributed by atoms with E-state index in [-0.39, 0.29) is 5.56 Å². The number of ether oxygens (including phenoxy) is 1. The lowest BCUT2D eigenvalue weighted by Gasteiger charge is -2.06. The molecule has 0 aliphatic rings. The first kappa shape index (κ1) is 10.5. The summed E-state index contributed by atoms with van der Waals surface area (Å²) in [7, 11) is 1.43. The topological polar surface area (TPSA) is 46.5 Å². The van der Waals surface area contributed by atoms with Gasteiger partial charge in [0.1, 0.15) is 11.3 Å². The van der Waals surface area contributed by atoms with Gasteiger partial charge in [-0.15, -0.1) is 0 Å². The van der Waals surface area contributed by atoms with E-state index in [9.17, 15) is 4.79 Å². The molecule has 0 radical (unpaired) electrons. The Kier molecular flexibility index (Phi) is 3.33. The molecular formula is C8H6Br2O3. The number of rotatable bonds is 2. The van der Waals surface area contributed by atoms with Crippen LogP contribution in [0, 0.1) is 0 Å². The van der Waals surface area contributed by atoms with Crippen LogP contribution < -0.4 is 4.74 Å². The number of carboxylic acids is 1. The normalized spacial score (nSPS) is 9.77. The smallest absolute Gasteiger partial charge is 0.340 e. The van der Waals surface area contributed by atoms with Crippen molar-refractivity contribution in [3.8, 4) is 5.75 Å². The molecule has 0 spiro atoms. The van der Waals surface area contributed by atoms with Crippen molar-refractivity contribution in [2.45, 2.75) is 0 Å². The fourth-order valence-corrected chi connectivity index (χ4v) is 2.27. The van der Waals surface area contributed by atoms with Gasteiger partial charge in [0.15, 0.2) is 0 Å². The fraction of sp³-hybridized carbons (Fsp3) is 0.125. The number of hydrogen-bond acceptors (Lipinski definition) is 2. The summed E-state index contributed by atoms with van der Waals surface area (Å²) < 4.78 is 6.18. The van der Waals surface area contributed by atoms with Gasteiger partial charge in [-0.2, -0.15) is 0 Å².